The minimum atomic E-state index is -0.849. The first-order chi connectivity index (χ1) is 10.5. The Hall–Kier alpha value is -1.34. The highest BCUT2D eigenvalue weighted by Gasteiger charge is 2.28. The van der Waals surface area contributed by atoms with Gasteiger partial charge in [-0.1, -0.05) is 13.8 Å². The van der Waals surface area contributed by atoms with E-state index in [1.54, 1.807) is 27.7 Å². The van der Waals surface area contributed by atoms with Crippen molar-refractivity contribution in [2.75, 3.05) is 13.1 Å². The molecule has 0 saturated carbocycles. The Morgan fingerprint density at radius 2 is 1.78 bits per heavy atom. The molecule has 0 unspecified atom stereocenters. The zero-order valence-electron chi connectivity index (χ0n) is 15.2. The van der Waals surface area contributed by atoms with Crippen LogP contribution in [0.25, 0.3) is 0 Å². The number of ether oxygens (including phenoxy) is 1. The first-order valence-electron chi connectivity index (χ1n) is 8.13. The molecule has 136 valence electrons. The lowest BCUT2D eigenvalue weighted by Gasteiger charge is -2.27. The Morgan fingerprint density at radius 1 is 1.22 bits per heavy atom. The summed E-state index contributed by atoms with van der Waals surface area (Å²) in [6.45, 7) is 11.6. The van der Waals surface area contributed by atoms with Crippen LogP contribution in [-0.4, -0.2) is 47.9 Å². The van der Waals surface area contributed by atoms with Crippen molar-refractivity contribution in [3.63, 3.8) is 0 Å². The van der Waals surface area contributed by atoms with Crippen LogP contribution in [0.15, 0.2) is 0 Å². The SMILES string of the molecule is CC(C)[C@H](C[C@H](O)[C@H](C)NC(=O)OC(C)(C)C)C(=O)NCCN. The van der Waals surface area contributed by atoms with Gasteiger partial charge >= 0.3 is 6.09 Å². The summed E-state index contributed by atoms with van der Waals surface area (Å²) in [7, 11) is 0. The van der Waals surface area contributed by atoms with E-state index in [-0.39, 0.29) is 24.2 Å². The standard InChI is InChI=1S/C16H33N3O4/c1-10(2)12(14(21)18-8-7-17)9-13(20)11(3)19-15(22)23-16(4,5)6/h10-13,20H,7-9,17H2,1-6H3,(H,18,21)(H,19,22)/t11-,12-,13-/m0/s1. The number of rotatable bonds is 8. The van der Waals surface area contributed by atoms with Crippen LogP contribution in [0.3, 0.4) is 0 Å². The molecular formula is C16H33N3O4. The van der Waals surface area contributed by atoms with Gasteiger partial charge in [-0.3, -0.25) is 4.79 Å². The van der Waals surface area contributed by atoms with E-state index >= 15 is 0 Å². The molecule has 0 aliphatic carbocycles. The summed E-state index contributed by atoms with van der Waals surface area (Å²) in [4.78, 5) is 23.9. The lowest BCUT2D eigenvalue weighted by atomic mass is 9.87. The summed E-state index contributed by atoms with van der Waals surface area (Å²) >= 11 is 0. The fourth-order valence-electron chi connectivity index (χ4n) is 2.06. The molecule has 5 N–H and O–H groups in total. The van der Waals surface area contributed by atoms with Gasteiger partial charge in [0.25, 0.3) is 0 Å². The first kappa shape index (κ1) is 21.7. The smallest absolute Gasteiger partial charge is 0.407 e. The fraction of sp³-hybridized carbons (Fsp3) is 0.875. The number of aliphatic hydroxyl groups excluding tert-OH is 1. The minimum absolute atomic E-state index is 0.0659. The van der Waals surface area contributed by atoms with Crippen LogP contribution in [0.5, 0.6) is 0 Å². The monoisotopic (exact) mass is 331 g/mol. The molecule has 2 amide bonds. The van der Waals surface area contributed by atoms with Crippen molar-refractivity contribution in [1.82, 2.24) is 10.6 Å². The lowest BCUT2D eigenvalue weighted by molar-refractivity contribution is -0.127. The summed E-state index contributed by atoms with van der Waals surface area (Å²) in [6, 6.07) is -0.520. The van der Waals surface area contributed by atoms with Gasteiger partial charge in [0.1, 0.15) is 5.60 Å². The Labute approximate surface area is 139 Å². The average Bonchev–Trinajstić information content (AvgIpc) is 2.38. The highest BCUT2D eigenvalue weighted by atomic mass is 16.6. The molecule has 0 rings (SSSR count). The van der Waals surface area contributed by atoms with E-state index in [2.05, 4.69) is 10.6 Å². The Morgan fingerprint density at radius 3 is 2.22 bits per heavy atom. The molecular weight excluding hydrogens is 298 g/mol. The number of nitrogens with two attached hydrogens (primary N) is 1. The molecule has 0 aliphatic heterocycles. The molecule has 0 fully saturated rings. The number of hydrogen-bond acceptors (Lipinski definition) is 5. The summed E-state index contributed by atoms with van der Waals surface area (Å²) < 4.78 is 5.16. The molecule has 0 aliphatic rings. The number of nitrogens with one attached hydrogen (secondary N) is 2. The predicted molar refractivity (Wildman–Crippen MR) is 89.8 cm³/mol. The fourth-order valence-corrected chi connectivity index (χ4v) is 2.06. The van der Waals surface area contributed by atoms with Gasteiger partial charge in [-0.25, -0.2) is 4.79 Å². The highest BCUT2D eigenvalue weighted by Crippen LogP contribution is 2.19. The summed E-state index contributed by atoms with van der Waals surface area (Å²) in [5.41, 5.74) is 4.78. The second kappa shape index (κ2) is 9.72. The molecule has 0 aromatic heterocycles. The third kappa shape index (κ3) is 9.40. The average molecular weight is 331 g/mol. The van der Waals surface area contributed by atoms with Crippen molar-refractivity contribution >= 4 is 12.0 Å². The van der Waals surface area contributed by atoms with Gasteiger partial charge in [0.15, 0.2) is 0 Å². The van der Waals surface area contributed by atoms with Crippen LogP contribution >= 0.6 is 0 Å². The molecule has 0 heterocycles. The third-order valence-electron chi connectivity index (χ3n) is 3.40. The maximum Gasteiger partial charge on any atom is 0.407 e. The number of amides is 2. The van der Waals surface area contributed by atoms with E-state index in [1.807, 2.05) is 13.8 Å². The number of carbonyl (C=O) groups is 2. The molecule has 0 bridgehead atoms. The van der Waals surface area contributed by atoms with Gasteiger partial charge in [-0.05, 0) is 40.0 Å². The van der Waals surface area contributed by atoms with Crippen molar-refractivity contribution in [3.8, 4) is 0 Å². The van der Waals surface area contributed by atoms with E-state index in [0.717, 1.165) is 0 Å². The van der Waals surface area contributed by atoms with E-state index in [1.165, 1.54) is 0 Å². The van der Waals surface area contributed by atoms with Crippen molar-refractivity contribution in [2.45, 2.75) is 65.7 Å². The largest absolute Gasteiger partial charge is 0.444 e. The Kier molecular flexibility index (Phi) is 9.16. The molecule has 23 heavy (non-hydrogen) atoms. The van der Waals surface area contributed by atoms with Crippen LogP contribution < -0.4 is 16.4 Å². The van der Waals surface area contributed by atoms with Crippen LogP contribution in [0, 0.1) is 11.8 Å². The van der Waals surface area contributed by atoms with Crippen molar-refractivity contribution in [2.24, 2.45) is 17.6 Å². The zero-order valence-corrected chi connectivity index (χ0v) is 15.2. The van der Waals surface area contributed by atoms with Crippen molar-refractivity contribution < 1.29 is 19.4 Å². The Balaban J connectivity index is 4.58. The van der Waals surface area contributed by atoms with E-state index in [9.17, 15) is 14.7 Å². The molecule has 3 atom stereocenters. The van der Waals surface area contributed by atoms with Crippen molar-refractivity contribution in [3.05, 3.63) is 0 Å². The lowest BCUT2D eigenvalue weighted by Crippen LogP contribution is -2.46. The van der Waals surface area contributed by atoms with Gasteiger partial charge < -0.3 is 26.2 Å². The van der Waals surface area contributed by atoms with Gasteiger partial charge in [0, 0.05) is 19.0 Å². The highest BCUT2D eigenvalue weighted by molar-refractivity contribution is 5.78. The number of alkyl carbamates (subject to hydrolysis) is 1. The topological polar surface area (TPSA) is 114 Å². The maximum absolute atomic E-state index is 12.1. The van der Waals surface area contributed by atoms with Gasteiger partial charge in [-0.2, -0.15) is 0 Å². The third-order valence-corrected chi connectivity index (χ3v) is 3.40. The minimum Gasteiger partial charge on any atom is -0.444 e. The first-order valence-corrected chi connectivity index (χ1v) is 8.13. The normalized spacial score (nSPS) is 15.7. The van der Waals surface area contributed by atoms with Crippen LogP contribution in [0.1, 0.15) is 48.0 Å². The summed E-state index contributed by atoms with van der Waals surface area (Å²) in [5, 5.41) is 15.6. The van der Waals surface area contributed by atoms with E-state index < -0.39 is 23.8 Å². The molecule has 7 nitrogen and oxygen atoms in total. The molecule has 0 spiro atoms. The van der Waals surface area contributed by atoms with Crippen LogP contribution in [0.2, 0.25) is 0 Å². The second-order valence-corrected chi connectivity index (χ2v) is 7.17. The van der Waals surface area contributed by atoms with Crippen molar-refractivity contribution in [1.29, 1.82) is 0 Å². The van der Waals surface area contributed by atoms with Crippen LogP contribution in [-0.2, 0) is 9.53 Å². The quantitative estimate of drug-likeness (QED) is 0.530. The molecule has 0 aromatic carbocycles. The molecule has 0 aromatic rings. The number of aliphatic hydroxyl groups is 1. The molecule has 0 radical (unpaired) electrons. The van der Waals surface area contributed by atoms with E-state index in [0.29, 0.717) is 13.1 Å². The van der Waals surface area contributed by atoms with Gasteiger partial charge in [0.05, 0.1) is 12.1 Å². The van der Waals surface area contributed by atoms with Gasteiger partial charge in [-0.15, -0.1) is 0 Å². The summed E-state index contributed by atoms with van der Waals surface area (Å²) in [6.07, 6.45) is -1.18. The van der Waals surface area contributed by atoms with Gasteiger partial charge in [0.2, 0.25) is 5.91 Å². The zero-order chi connectivity index (χ0) is 18.2. The molecule has 7 heteroatoms. The number of carbonyl (C=O) groups excluding carboxylic acids is 2. The predicted octanol–water partition coefficient (Wildman–Crippen LogP) is 0.998. The Bertz CT molecular complexity index is 380. The van der Waals surface area contributed by atoms with Crippen LogP contribution in [0.4, 0.5) is 4.79 Å². The molecule has 0 saturated heterocycles. The maximum atomic E-state index is 12.1. The van der Waals surface area contributed by atoms with E-state index in [4.69, 9.17) is 10.5 Å². The second-order valence-electron chi connectivity index (χ2n) is 7.17. The number of hydrogen-bond donors (Lipinski definition) is 4. The summed E-state index contributed by atoms with van der Waals surface area (Å²) in [5.74, 6) is -0.412.